The van der Waals surface area contributed by atoms with Crippen LogP contribution in [0.4, 0.5) is 5.69 Å². The molecule has 1 saturated carbocycles. The number of benzene rings is 1. The van der Waals surface area contributed by atoms with Gasteiger partial charge >= 0.3 is 5.97 Å². The van der Waals surface area contributed by atoms with E-state index in [2.05, 4.69) is 15.7 Å². The van der Waals surface area contributed by atoms with Crippen LogP contribution >= 0.6 is 0 Å². The summed E-state index contributed by atoms with van der Waals surface area (Å²) in [5.41, 5.74) is 1.42. The Morgan fingerprint density at radius 3 is 2.68 bits per heavy atom. The maximum atomic E-state index is 12.4. The van der Waals surface area contributed by atoms with Gasteiger partial charge < -0.3 is 15.7 Å². The number of carbonyl (C=O) groups excluding carboxylic acids is 2. The fraction of sp³-hybridized carbons (Fsp3) is 0.400. The van der Waals surface area contributed by atoms with E-state index in [-0.39, 0.29) is 24.1 Å². The number of nitrogens with one attached hydrogen (secondary N) is 2. The molecule has 28 heavy (non-hydrogen) atoms. The van der Waals surface area contributed by atoms with E-state index < -0.39 is 11.9 Å². The van der Waals surface area contributed by atoms with Gasteiger partial charge in [0.1, 0.15) is 6.54 Å². The lowest BCUT2D eigenvalue weighted by molar-refractivity contribution is -0.122. The van der Waals surface area contributed by atoms with Gasteiger partial charge in [-0.1, -0.05) is 25.3 Å². The van der Waals surface area contributed by atoms with Gasteiger partial charge in [-0.2, -0.15) is 5.10 Å². The van der Waals surface area contributed by atoms with Crippen molar-refractivity contribution in [1.29, 1.82) is 0 Å². The van der Waals surface area contributed by atoms with E-state index in [1.165, 1.54) is 29.6 Å². The van der Waals surface area contributed by atoms with Crippen LogP contribution in [-0.2, 0) is 11.3 Å². The van der Waals surface area contributed by atoms with Crippen LogP contribution in [0.3, 0.4) is 0 Å². The Morgan fingerprint density at radius 1 is 1.21 bits per heavy atom. The molecule has 0 saturated heterocycles. The highest BCUT2D eigenvalue weighted by Crippen LogP contribution is 2.18. The van der Waals surface area contributed by atoms with Gasteiger partial charge in [0.15, 0.2) is 0 Å². The molecule has 3 rings (SSSR count). The second kappa shape index (κ2) is 8.69. The number of hydrogen-bond acceptors (Lipinski definition) is 4. The number of anilines is 1. The van der Waals surface area contributed by atoms with E-state index >= 15 is 0 Å². The Labute approximate surface area is 162 Å². The van der Waals surface area contributed by atoms with Crippen LogP contribution in [0.2, 0.25) is 0 Å². The molecular formula is C20H24N4O4. The fourth-order valence-electron chi connectivity index (χ4n) is 3.37. The molecule has 1 aliphatic rings. The Balaban J connectivity index is 1.58. The Bertz CT molecular complexity index is 884. The van der Waals surface area contributed by atoms with Gasteiger partial charge in [0.05, 0.1) is 17.3 Å². The van der Waals surface area contributed by atoms with E-state index in [0.717, 1.165) is 25.7 Å². The summed E-state index contributed by atoms with van der Waals surface area (Å²) < 4.78 is 1.42. The summed E-state index contributed by atoms with van der Waals surface area (Å²) in [5.74, 6) is -1.59. The number of amides is 2. The molecule has 1 heterocycles. The predicted octanol–water partition coefficient (Wildman–Crippen LogP) is 2.59. The third-order valence-corrected chi connectivity index (χ3v) is 4.90. The first-order valence-electron chi connectivity index (χ1n) is 9.39. The summed E-state index contributed by atoms with van der Waals surface area (Å²) in [6.07, 6.45) is 8.40. The van der Waals surface area contributed by atoms with E-state index in [0.29, 0.717) is 16.8 Å². The molecule has 1 aromatic heterocycles. The Morgan fingerprint density at radius 2 is 1.96 bits per heavy atom. The zero-order valence-corrected chi connectivity index (χ0v) is 15.8. The molecule has 0 unspecified atom stereocenters. The molecule has 8 nitrogen and oxygen atoms in total. The normalized spacial score (nSPS) is 14.5. The molecule has 0 atom stereocenters. The first kappa shape index (κ1) is 19.6. The van der Waals surface area contributed by atoms with Crippen molar-refractivity contribution < 1.29 is 19.5 Å². The molecule has 2 aromatic rings. The van der Waals surface area contributed by atoms with Crippen molar-refractivity contribution in [3.63, 3.8) is 0 Å². The second-order valence-corrected chi connectivity index (χ2v) is 7.12. The molecule has 1 aromatic carbocycles. The summed E-state index contributed by atoms with van der Waals surface area (Å²) in [4.78, 5) is 35.8. The number of carboxylic acid groups (broad SMARTS) is 1. The third kappa shape index (κ3) is 4.97. The average molecular weight is 384 g/mol. The molecule has 148 valence electrons. The highest BCUT2D eigenvalue weighted by Gasteiger charge is 2.17. The van der Waals surface area contributed by atoms with Crippen LogP contribution in [0.15, 0.2) is 30.6 Å². The Kier molecular flexibility index (Phi) is 6.08. The summed E-state index contributed by atoms with van der Waals surface area (Å²) in [7, 11) is 0. The number of aromatic nitrogens is 2. The summed E-state index contributed by atoms with van der Waals surface area (Å²) in [5, 5.41) is 18.9. The molecule has 0 bridgehead atoms. The number of nitrogens with zero attached hydrogens (tertiary/aromatic N) is 2. The van der Waals surface area contributed by atoms with E-state index in [1.54, 1.807) is 19.1 Å². The monoisotopic (exact) mass is 384 g/mol. The van der Waals surface area contributed by atoms with Crippen LogP contribution in [0, 0.1) is 6.92 Å². The van der Waals surface area contributed by atoms with Crippen LogP contribution < -0.4 is 10.6 Å². The molecule has 0 aliphatic heterocycles. The van der Waals surface area contributed by atoms with Gasteiger partial charge in [0.2, 0.25) is 5.91 Å². The molecule has 1 aliphatic carbocycles. The summed E-state index contributed by atoms with van der Waals surface area (Å²) >= 11 is 0. The zero-order chi connectivity index (χ0) is 20.1. The lowest BCUT2D eigenvalue weighted by Gasteiger charge is -2.22. The number of carboxylic acids is 1. The maximum Gasteiger partial charge on any atom is 0.336 e. The standard InChI is InChI=1S/C20H24N4O4/c1-13-7-8-16(9-17(13)20(27)28)23-19(26)14-10-21-24(11-14)12-18(25)22-15-5-3-2-4-6-15/h7-11,15H,2-6,12H2,1H3,(H,22,25)(H,23,26)(H,27,28). The topological polar surface area (TPSA) is 113 Å². The van der Waals surface area contributed by atoms with Gasteiger partial charge in [0.25, 0.3) is 5.91 Å². The van der Waals surface area contributed by atoms with Gasteiger partial charge in [0, 0.05) is 17.9 Å². The maximum absolute atomic E-state index is 12.4. The minimum Gasteiger partial charge on any atom is -0.478 e. The largest absolute Gasteiger partial charge is 0.478 e. The van der Waals surface area contributed by atoms with Crippen molar-refractivity contribution >= 4 is 23.5 Å². The lowest BCUT2D eigenvalue weighted by atomic mass is 9.95. The highest BCUT2D eigenvalue weighted by molar-refractivity contribution is 6.04. The first-order valence-corrected chi connectivity index (χ1v) is 9.39. The van der Waals surface area contributed by atoms with Gasteiger partial charge in [-0.05, 0) is 37.5 Å². The summed E-state index contributed by atoms with van der Waals surface area (Å²) in [6, 6.07) is 4.92. The lowest BCUT2D eigenvalue weighted by Crippen LogP contribution is -2.38. The van der Waals surface area contributed by atoms with Crippen molar-refractivity contribution in [2.45, 2.75) is 51.6 Å². The number of rotatable bonds is 6. The number of hydrogen-bond donors (Lipinski definition) is 3. The van der Waals surface area contributed by atoms with Crippen LogP contribution in [0.5, 0.6) is 0 Å². The van der Waals surface area contributed by atoms with Crippen molar-refractivity contribution in [3.05, 3.63) is 47.3 Å². The van der Waals surface area contributed by atoms with Crippen LogP contribution in [-0.4, -0.2) is 38.7 Å². The van der Waals surface area contributed by atoms with Gasteiger partial charge in [-0.25, -0.2) is 4.79 Å². The minimum absolute atomic E-state index is 0.0530. The van der Waals surface area contributed by atoms with Gasteiger partial charge in [-0.3, -0.25) is 14.3 Å². The molecule has 3 N–H and O–H groups in total. The predicted molar refractivity (Wildman–Crippen MR) is 103 cm³/mol. The van der Waals surface area contributed by atoms with E-state index in [4.69, 9.17) is 0 Å². The first-order chi connectivity index (χ1) is 13.4. The smallest absolute Gasteiger partial charge is 0.336 e. The molecule has 2 amide bonds. The highest BCUT2D eigenvalue weighted by atomic mass is 16.4. The quantitative estimate of drug-likeness (QED) is 0.708. The van der Waals surface area contributed by atoms with Crippen LogP contribution in [0.1, 0.15) is 58.4 Å². The molecule has 1 fully saturated rings. The number of aryl methyl sites for hydroxylation is 1. The number of carbonyl (C=O) groups is 3. The van der Waals surface area contributed by atoms with Crippen molar-refractivity contribution in [2.75, 3.05) is 5.32 Å². The van der Waals surface area contributed by atoms with Crippen molar-refractivity contribution in [1.82, 2.24) is 15.1 Å². The second-order valence-electron chi connectivity index (χ2n) is 7.12. The molecule has 8 heteroatoms. The number of aromatic carboxylic acids is 1. The molecule has 0 radical (unpaired) electrons. The fourth-order valence-corrected chi connectivity index (χ4v) is 3.37. The van der Waals surface area contributed by atoms with Crippen molar-refractivity contribution in [2.24, 2.45) is 0 Å². The summed E-state index contributed by atoms with van der Waals surface area (Å²) in [6.45, 7) is 1.74. The average Bonchev–Trinajstić information content (AvgIpc) is 3.12. The third-order valence-electron chi connectivity index (χ3n) is 4.90. The van der Waals surface area contributed by atoms with Crippen LogP contribution in [0.25, 0.3) is 0 Å². The SMILES string of the molecule is Cc1ccc(NC(=O)c2cnn(CC(=O)NC3CCCCC3)c2)cc1C(=O)O. The molecule has 0 spiro atoms. The molecular weight excluding hydrogens is 360 g/mol. The minimum atomic E-state index is -1.05. The van der Waals surface area contributed by atoms with E-state index in [1.807, 2.05) is 0 Å². The zero-order valence-electron chi connectivity index (χ0n) is 15.8. The Hall–Kier alpha value is -3.16. The van der Waals surface area contributed by atoms with Gasteiger partial charge in [-0.15, -0.1) is 0 Å². The van der Waals surface area contributed by atoms with E-state index in [9.17, 15) is 19.5 Å². The van der Waals surface area contributed by atoms with Crippen molar-refractivity contribution in [3.8, 4) is 0 Å².